The summed E-state index contributed by atoms with van der Waals surface area (Å²) in [6.07, 6.45) is 6.04. The Morgan fingerprint density at radius 2 is 2.04 bits per heavy atom. The molecule has 2 heterocycles. The summed E-state index contributed by atoms with van der Waals surface area (Å²) in [6, 6.07) is 10.1. The van der Waals surface area contributed by atoms with Gasteiger partial charge in [0, 0.05) is 12.1 Å². The van der Waals surface area contributed by atoms with Crippen molar-refractivity contribution in [2.45, 2.75) is 46.1 Å². The Bertz CT molecular complexity index is 929. The van der Waals surface area contributed by atoms with Gasteiger partial charge in [0.05, 0.1) is 22.5 Å². The summed E-state index contributed by atoms with van der Waals surface area (Å²) in [6.45, 7) is 4.66. The van der Waals surface area contributed by atoms with Crippen molar-refractivity contribution < 1.29 is 4.79 Å². The van der Waals surface area contributed by atoms with Gasteiger partial charge in [0.2, 0.25) is 5.91 Å². The number of rotatable bonds is 4. The normalized spacial score (nSPS) is 14.8. The van der Waals surface area contributed by atoms with E-state index in [4.69, 9.17) is 4.98 Å². The van der Waals surface area contributed by atoms with E-state index in [0.717, 1.165) is 52.3 Å². The topological polar surface area (TPSA) is 46.1 Å². The largest absolute Gasteiger partial charge is 0.282 e. The minimum atomic E-state index is 0.119. The van der Waals surface area contributed by atoms with Crippen molar-refractivity contribution in [1.29, 1.82) is 0 Å². The molecule has 1 aromatic carbocycles. The highest BCUT2D eigenvalue weighted by atomic mass is 32.1. The van der Waals surface area contributed by atoms with E-state index in [0.29, 0.717) is 6.54 Å². The zero-order valence-electron chi connectivity index (χ0n) is 15.2. The van der Waals surface area contributed by atoms with Crippen LogP contribution >= 0.6 is 11.3 Å². The molecule has 1 amide bonds. The molecule has 3 aromatic rings. The highest BCUT2D eigenvalue weighted by Gasteiger charge is 2.30. The fourth-order valence-corrected chi connectivity index (χ4v) is 4.91. The van der Waals surface area contributed by atoms with Gasteiger partial charge in [-0.15, -0.1) is 0 Å². The number of hydrogen-bond donors (Lipinski definition) is 0. The van der Waals surface area contributed by atoms with Gasteiger partial charge in [-0.2, -0.15) is 0 Å². The monoisotopic (exact) mass is 365 g/mol. The number of anilines is 1. The predicted octanol–water partition coefficient (Wildman–Crippen LogP) is 5.03. The van der Waals surface area contributed by atoms with Crippen LogP contribution in [0.2, 0.25) is 0 Å². The maximum Gasteiger partial charge on any atom is 0.232 e. The van der Waals surface area contributed by atoms with E-state index in [2.05, 4.69) is 31.0 Å². The van der Waals surface area contributed by atoms with Gasteiger partial charge in [0.1, 0.15) is 0 Å². The summed E-state index contributed by atoms with van der Waals surface area (Å²) in [5.74, 6) is 0.315. The minimum absolute atomic E-state index is 0.119. The molecule has 0 saturated heterocycles. The molecule has 0 spiro atoms. The number of aromatic nitrogens is 2. The van der Waals surface area contributed by atoms with E-state index in [9.17, 15) is 4.79 Å². The Kier molecular flexibility index (Phi) is 4.72. The van der Waals surface area contributed by atoms with Crippen LogP contribution in [0.1, 0.15) is 42.5 Å². The number of carbonyl (C=O) groups excluding carboxylic acids is 1. The molecule has 0 aliphatic heterocycles. The molecule has 1 saturated carbocycles. The van der Waals surface area contributed by atoms with E-state index in [-0.39, 0.29) is 11.8 Å². The smallest absolute Gasteiger partial charge is 0.232 e. The van der Waals surface area contributed by atoms with Crippen molar-refractivity contribution in [2.24, 2.45) is 5.92 Å². The average Bonchev–Trinajstić information content (AvgIpc) is 3.29. The lowest BCUT2D eigenvalue weighted by atomic mass is 10.1. The quantitative estimate of drug-likeness (QED) is 0.651. The lowest BCUT2D eigenvalue weighted by molar-refractivity contribution is -0.122. The minimum Gasteiger partial charge on any atom is -0.282 e. The molecule has 1 fully saturated rings. The molecule has 0 bridgehead atoms. The number of amides is 1. The molecule has 1 aliphatic rings. The molecule has 4 rings (SSSR count). The Morgan fingerprint density at radius 1 is 1.23 bits per heavy atom. The van der Waals surface area contributed by atoms with Crippen LogP contribution in [0.3, 0.4) is 0 Å². The van der Waals surface area contributed by atoms with E-state index in [1.54, 1.807) is 17.5 Å². The third-order valence-corrected chi connectivity index (χ3v) is 6.09. The lowest BCUT2D eigenvalue weighted by Gasteiger charge is -2.22. The molecular formula is C21H23N3OS. The Morgan fingerprint density at radius 3 is 2.77 bits per heavy atom. The Balaban J connectivity index is 1.74. The van der Waals surface area contributed by atoms with Crippen LogP contribution < -0.4 is 4.90 Å². The first-order chi connectivity index (χ1) is 12.6. The number of hydrogen-bond acceptors (Lipinski definition) is 4. The van der Waals surface area contributed by atoms with Crippen molar-refractivity contribution in [3.8, 4) is 0 Å². The number of aryl methyl sites for hydroxylation is 2. The van der Waals surface area contributed by atoms with E-state index < -0.39 is 0 Å². The van der Waals surface area contributed by atoms with Crippen LogP contribution in [0.25, 0.3) is 10.2 Å². The van der Waals surface area contributed by atoms with Crippen LogP contribution in [0, 0.1) is 19.8 Å². The van der Waals surface area contributed by atoms with Gasteiger partial charge in [0.25, 0.3) is 0 Å². The molecule has 4 nitrogen and oxygen atoms in total. The Labute approximate surface area is 157 Å². The number of carbonyl (C=O) groups is 1. The highest BCUT2D eigenvalue weighted by molar-refractivity contribution is 7.22. The van der Waals surface area contributed by atoms with E-state index >= 15 is 0 Å². The number of benzene rings is 1. The van der Waals surface area contributed by atoms with Crippen LogP contribution in [0.4, 0.5) is 5.13 Å². The predicted molar refractivity (Wildman–Crippen MR) is 106 cm³/mol. The van der Waals surface area contributed by atoms with Gasteiger partial charge in [-0.1, -0.05) is 36.3 Å². The molecule has 0 N–H and O–H groups in total. The fraction of sp³-hybridized carbons (Fsp3) is 0.381. The zero-order chi connectivity index (χ0) is 18.1. The molecule has 2 aromatic heterocycles. The first-order valence-electron chi connectivity index (χ1n) is 9.21. The molecule has 1 aliphatic carbocycles. The number of fused-ring (bicyclic) bond motifs is 1. The SMILES string of the molecule is Cc1cc(C)c2nc(N(Cc3ccccn3)C(=O)C3CCCC3)sc2c1. The van der Waals surface area contributed by atoms with Gasteiger partial charge in [-0.05, 0) is 56.0 Å². The summed E-state index contributed by atoms with van der Waals surface area (Å²) in [7, 11) is 0. The van der Waals surface area contributed by atoms with Crippen molar-refractivity contribution in [1.82, 2.24) is 9.97 Å². The molecule has 5 heteroatoms. The van der Waals surface area contributed by atoms with Gasteiger partial charge >= 0.3 is 0 Å². The average molecular weight is 366 g/mol. The second-order valence-electron chi connectivity index (χ2n) is 7.15. The van der Waals surface area contributed by atoms with Crippen LogP contribution in [-0.4, -0.2) is 15.9 Å². The van der Waals surface area contributed by atoms with E-state index in [1.165, 1.54) is 5.56 Å². The summed E-state index contributed by atoms with van der Waals surface area (Å²) in [4.78, 5) is 24.4. The van der Waals surface area contributed by atoms with Crippen LogP contribution in [0.15, 0.2) is 36.5 Å². The molecule has 26 heavy (non-hydrogen) atoms. The number of thiazole rings is 1. The van der Waals surface area contributed by atoms with Gasteiger partial charge in [0.15, 0.2) is 5.13 Å². The molecule has 0 unspecified atom stereocenters. The van der Waals surface area contributed by atoms with E-state index in [1.807, 2.05) is 23.1 Å². The first-order valence-corrected chi connectivity index (χ1v) is 10.0. The maximum absolute atomic E-state index is 13.2. The lowest BCUT2D eigenvalue weighted by Crippen LogP contribution is -2.35. The second-order valence-corrected chi connectivity index (χ2v) is 8.16. The Hall–Kier alpha value is -2.27. The summed E-state index contributed by atoms with van der Waals surface area (Å²) in [5, 5.41) is 0.788. The second kappa shape index (κ2) is 7.16. The van der Waals surface area contributed by atoms with Crippen molar-refractivity contribution in [3.63, 3.8) is 0 Å². The van der Waals surface area contributed by atoms with Crippen molar-refractivity contribution in [2.75, 3.05) is 4.90 Å². The molecule has 0 radical (unpaired) electrons. The summed E-state index contributed by atoms with van der Waals surface area (Å²) in [5.41, 5.74) is 4.28. The van der Waals surface area contributed by atoms with Crippen LogP contribution in [-0.2, 0) is 11.3 Å². The zero-order valence-corrected chi connectivity index (χ0v) is 16.1. The number of nitrogens with zero attached hydrogens (tertiary/aromatic N) is 3. The number of pyridine rings is 1. The van der Waals surface area contributed by atoms with Gasteiger partial charge in [-0.3, -0.25) is 14.7 Å². The van der Waals surface area contributed by atoms with Gasteiger partial charge < -0.3 is 0 Å². The highest BCUT2D eigenvalue weighted by Crippen LogP contribution is 2.35. The molecular weight excluding hydrogens is 342 g/mol. The first kappa shape index (κ1) is 17.2. The van der Waals surface area contributed by atoms with Crippen molar-refractivity contribution in [3.05, 3.63) is 53.3 Å². The maximum atomic E-state index is 13.2. The standard InChI is InChI=1S/C21H23N3OS/c1-14-11-15(2)19-18(12-14)26-21(23-19)24(13-17-9-5-6-10-22-17)20(25)16-7-3-4-8-16/h5-6,9-12,16H,3-4,7-8,13H2,1-2H3. The third-order valence-electron chi connectivity index (χ3n) is 5.07. The van der Waals surface area contributed by atoms with Gasteiger partial charge in [-0.25, -0.2) is 4.98 Å². The summed E-state index contributed by atoms with van der Waals surface area (Å²) < 4.78 is 1.14. The molecule has 134 valence electrons. The third kappa shape index (κ3) is 3.36. The fourth-order valence-electron chi connectivity index (χ4n) is 3.76. The van der Waals surface area contributed by atoms with Crippen molar-refractivity contribution >= 4 is 32.6 Å². The van der Waals surface area contributed by atoms with Crippen LogP contribution in [0.5, 0.6) is 0 Å². The summed E-state index contributed by atoms with van der Waals surface area (Å²) >= 11 is 1.61. The molecule has 0 atom stereocenters.